The van der Waals surface area contributed by atoms with E-state index in [-0.39, 0.29) is 12.8 Å². The first kappa shape index (κ1) is 73.3. The predicted molar refractivity (Wildman–Crippen MR) is 321 cm³/mol. The highest BCUT2D eigenvalue weighted by Gasteiger charge is 2.44. The fraction of sp³-hybridized carbons (Fsp3) is 0.894. The van der Waals surface area contributed by atoms with Crippen LogP contribution in [0.25, 0.3) is 0 Å². The molecule has 1 fully saturated rings. The average Bonchev–Trinajstić information content (AvgIpc) is 3.43. The first-order valence-corrected chi connectivity index (χ1v) is 32.9. The molecule has 11 heteroatoms. The first-order chi connectivity index (χ1) is 37.7. The molecular weight excluding hydrogens is 967 g/mol. The van der Waals surface area contributed by atoms with Crippen LogP contribution in [0.15, 0.2) is 36.5 Å². The number of ether oxygens (including phenoxy) is 2. The van der Waals surface area contributed by atoms with Crippen molar-refractivity contribution in [2.75, 3.05) is 13.2 Å². The lowest BCUT2D eigenvalue weighted by Crippen LogP contribution is -2.60. The molecular formula is C66H125NO10. The van der Waals surface area contributed by atoms with Gasteiger partial charge in [-0.05, 0) is 64.2 Å². The van der Waals surface area contributed by atoms with Gasteiger partial charge in [-0.25, -0.2) is 0 Å². The molecule has 0 aromatic heterocycles. The number of allylic oxidation sites excluding steroid dienone is 6. The molecule has 9 atom stereocenters. The van der Waals surface area contributed by atoms with Crippen molar-refractivity contribution >= 4 is 5.91 Å². The van der Waals surface area contributed by atoms with Crippen LogP contribution in [0.5, 0.6) is 0 Å². The monoisotopic (exact) mass is 1090 g/mol. The van der Waals surface area contributed by atoms with Gasteiger partial charge in [0.1, 0.15) is 36.6 Å². The third-order valence-corrected chi connectivity index (χ3v) is 15.9. The fourth-order valence-corrected chi connectivity index (χ4v) is 10.6. The zero-order valence-corrected chi connectivity index (χ0v) is 50.0. The average molecular weight is 1090 g/mol. The Morgan fingerprint density at radius 1 is 0.442 bits per heavy atom. The number of aliphatic hydroxyl groups excluding tert-OH is 7. The zero-order valence-electron chi connectivity index (χ0n) is 50.0. The van der Waals surface area contributed by atoms with E-state index >= 15 is 0 Å². The number of hydrogen-bond acceptors (Lipinski definition) is 10. The van der Waals surface area contributed by atoms with Crippen molar-refractivity contribution in [1.29, 1.82) is 0 Å². The van der Waals surface area contributed by atoms with Crippen LogP contribution in [0.4, 0.5) is 0 Å². The van der Waals surface area contributed by atoms with E-state index in [1.165, 1.54) is 218 Å². The number of amides is 1. The summed E-state index contributed by atoms with van der Waals surface area (Å²) in [6.07, 6.45) is 57.9. The minimum absolute atomic E-state index is 0.243. The van der Waals surface area contributed by atoms with Crippen LogP contribution in [0.1, 0.15) is 309 Å². The third-order valence-electron chi connectivity index (χ3n) is 15.9. The summed E-state index contributed by atoms with van der Waals surface area (Å²) >= 11 is 0. The van der Waals surface area contributed by atoms with E-state index in [1.54, 1.807) is 0 Å². The van der Waals surface area contributed by atoms with Crippen LogP contribution < -0.4 is 5.32 Å². The predicted octanol–water partition coefficient (Wildman–Crippen LogP) is 15.0. The van der Waals surface area contributed by atoms with Crippen molar-refractivity contribution in [3.05, 3.63) is 36.5 Å². The summed E-state index contributed by atoms with van der Waals surface area (Å²) in [4.78, 5) is 13.2. The molecule has 11 nitrogen and oxygen atoms in total. The molecule has 9 unspecified atom stereocenters. The highest BCUT2D eigenvalue weighted by molar-refractivity contribution is 5.80. The molecule has 77 heavy (non-hydrogen) atoms. The molecule has 0 aromatic rings. The van der Waals surface area contributed by atoms with E-state index in [0.717, 1.165) is 44.9 Å². The summed E-state index contributed by atoms with van der Waals surface area (Å²) in [6.45, 7) is 3.48. The minimum Gasteiger partial charge on any atom is -0.394 e. The van der Waals surface area contributed by atoms with Gasteiger partial charge in [0.2, 0.25) is 5.91 Å². The molecule has 1 aliphatic heterocycles. The van der Waals surface area contributed by atoms with E-state index in [9.17, 15) is 40.5 Å². The van der Waals surface area contributed by atoms with Crippen molar-refractivity contribution in [2.24, 2.45) is 0 Å². The lowest BCUT2D eigenvalue weighted by Gasteiger charge is -2.40. The normalized spacial score (nSPS) is 19.7. The summed E-state index contributed by atoms with van der Waals surface area (Å²) in [5.41, 5.74) is 0. The van der Waals surface area contributed by atoms with E-state index in [1.807, 2.05) is 0 Å². The van der Waals surface area contributed by atoms with Crippen LogP contribution in [-0.2, 0) is 14.3 Å². The quantitative estimate of drug-likeness (QED) is 0.0215. The highest BCUT2D eigenvalue weighted by atomic mass is 16.7. The van der Waals surface area contributed by atoms with E-state index < -0.39 is 74.2 Å². The molecule has 0 aromatic carbocycles. The number of unbranched alkanes of at least 4 members (excludes halogenated alkanes) is 39. The van der Waals surface area contributed by atoms with Gasteiger partial charge in [-0.15, -0.1) is 0 Å². The van der Waals surface area contributed by atoms with Crippen LogP contribution in [0, 0.1) is 0 Å². The van der Waals surface area contributed by atoms with E-state index in [2.05, 4.69) is 55.6 Å². The van der Waals surface area contributed by atoms with Crippen molar-refractivity contribution < 1.29 is 50.0 Å². The SMILES string of the molecule is CCCCCCCCCCCCCCC/C=C/CC/C=C/CC/C=C/CCCC(O)C(O)C(COC1OC(CO)C(O)C(O)C1O)NC(=O)C(O)CCCCCCCCCCCCCCCCCCCCCCCCCC. The molecule has 0 saturated carbocycles. The Labute approximate surface area is 473 Å². The maximum Gasteiger partial charge on any atom is 0.249 e. The number of carbonyl (C=O) groups excluding carboxylic acids is 1. The van der Waals surface area contributed by atoms with Crippen molar-refractivity contribution in [2.45, 2.75) is 364 Å². The molecule has 1 rings (SSSR count). The van der Waals surface area contributed by atoms with Crippen molar-refractivity contribution in [3.63, 3.8) is 0 Å². The number of rotatable bonds is 57. The Balaban J connectivity index is 2.28. The Bertz CT molecular complexity index is 1350. The lowest BCUT2D eigenvalue weighted by molar-refractivity contribution is -0.303. The van der Waals surface area contributed by atoms with Gasteiger partial charge in [0.25, 0.3) is 0 Å². The van der Waals surface area contributed by atoms with Gasteiger partial charge < -0.3 is 50.5 Å². The number of hydrogen-bond donors (Lipinski definition) is 8. The number of aliphatic hydroxyl groups is 7. The molecule has 0 spiro atoms. The van der Waals surface area contributed by atoms with Crippen molar-refractivity contribution in [1.82, 2.24) is 5.32 Å². The largest absolute Gasteiger partial charge is 0.394 e. The standard InChI is InChI=1S/C66H125NO10/c1-3-5-7-9-11-13-15-17-19-21-23-25-27-29-30-32-33-35-37-39-41-43-45-47-49-51-53-58(69)61(71)57(56-76-66-64(74)63(73)62(72)60(55-68)77-66)67-65(75)59(70)54-52-50-48-46-44-42-40-38-36-34-31-28-26-24-22-20-18-16-14-12-10-8-6-4-2/h30,32,37,39,45,47,57-64,66,68-74H,3-29,31,33-36,38,40-44,46,48-56H2,1-2H3,(H,67,75)/b32-30+,39-37+,47-45+. The molecule has 1 aliphatic rings. The maximum atomic E-state index is 13.2. The molecule has 8 N–H and O–H groups in total. The second kappa shape index (κ2) is 54.9. The summed E-state index contributed by atoms with van der Waals surface area (Å²) in [5, 5.41) is 76.3. The Hall–Kier alpha value is -1.67. The van der Waals surface area contributed by atoms with Gasteiger partial charge in [0, 0.05) is 0 Å². The molecule has 1 amide bonds. The Morgan fingerprint density at radius 2 is 0.779 bits per heavy atom. The summed E-state index contributed by atoms with van der Waals surface area (Å²) < 4.78 is 11.2. The molecule has 0 radical (unpaired) electrons. The van der Waals surface area contributed by atoms with Gasteiger partial charge in [-0.2, -0.15) is 0 Å². The Kier molecular flexibility index (Phi) is 52.3. The summed E-state index contributed by atoms with van der Waals surface area (Å²) in [5.74, 6) is -0.707. The molecule has 1 saturated heterocycles. The maximum absolute atomic E-state index is 13.2. The van der Waals surface area contributed by atoms with Gasteiger partial charge in [-0.1, -0.05) is 281 Å². The number of nitrogens with one attached hydrogen (secondary N) is 1. The van der Waals surface area contributed by atoms with Gasteiger partial charge in [-0.3, -0.25) is 4.79 Å². The summed E-state index contributed by atoms with van der Waals surface area (Å²) in [7, 11) is 0. The van der Waals surface area contributed by atoms with E-state index in [4.69, 9.17) is 9.47 Å². The van der Waals surface area contributed by atoms with Crippen LogP contribution in [0.2, 0.25) is 0 Å². The van der Waals surface area contributed by atoms with Gasteiger partial charge in [0.15, 0.2) is 6.29 Å². The molecule has 1 heterocycles. The fourth-order valence-electron chi connectivity index (χ4n) is 10.6. The zero-order chi connectivity index (χ0) is 56.1. The first-order valence-electron chi connectivity index (χ1n) is 32.9. The smallest absolute Gasteiger partial charge is 0.249 e. The van der Waals surface area contributed by atoms with Crippen LogP contribution in [-0.4, -0.2) is 110 Å². The molecule has 0 aliphatic carbocycles. The summed E-state index contributed by atoms with van der Waals surface area (Å²) in [6, 6.07) is -1.19. The lowest BCUT2D eigenvalue weighted by atomic mass is 9.98. The highest BCUT2D eigenvalue weighted by Crippen LogP contribution is 2.24. The minimum atomic E-state index is -1.67. The topological polar surface area (TPSA) is 189 Å². The van der Waals surface area contributed by atoms with Crippen molar-refractivity contribution in [3.8, 4) is 0 Å². The van der Waals surface area contributed by atoms with E-state index in [0.29, 0.717) is 19.3 Å². The Morgan fingerprint density at radius 3 is 1.16 bits per heavy atom. The number of carbonyl (C=O) groups is 1. The van der Waals surface area contributed by atoms with Crippen LogP contribution in [0.3, 0.4) is 0 Å². The molecule has 454 valence electrons. The molecule has 0 bridgehead atoms. The van der Waals surface area contributed by atoms with Crippen LogP contribution >= 0.6 is 0 Å². The van der Waals surface area contributed by atoms with Gasteiger partial charge >= 0.3 is 0 Å². The third kappa shape index (κ3) is 42.8. The van der Waals surface area contributed by atoms with Gasteiger partial charge in [0.05, 0.1) is 25.4 Å². The second-order valence-electron chi connectivity index (χ2n) is 23.2. The second-order valence-corrected chi connectivity index (χ2v) is 23.2.